The molecule has 1 aliphatic heterocycles. The Kier molecular flexibility index (Phi) is 6.53. The van der Waals surface area contributed by atoms with Crippen molar-refractivity contribution in [1.82, 2.24) is 0 Å². The maximum absolute atomic E-state index is 13.2. The minimum absolute atomic E-state index is 0.00279. The minimum Gasteiger partial charge on any atom is -0.320 e. The quantitative estimate of drug-likeness (QED) is 0.257. The summed E-state index contributed by atoms with van der Waals surface area (Å²) in [5.74, 6) is -0.514. The Morgan fingerprint density at radius 3 is 2.47 bits per heavy atom. The third kappa shape index (κ3) is 4.86. The fraction of sp³-hybridized carbons (Fsp3) is 0.125. The van der Waals surface area contributed by atoms with Gasteiger partial charge in [-0.2, -0.15) is 0 Å². The Balaban J connectivity index is 1.67. The highest BCUT2D eigenvalue weighted by Gasteiger charge is 2.25. The maximum atomic E-state index is 13.2. The van der Waals surface area contributed by atoms with E-state index in [1.54, 1.807) is 18.2 Å². The zero-order valence-electron chi connectivity index (χ0n) is 18.2. The fourth-order valence-corrected chi connectivity index (χ4v) is 6.41. The highest BCUT2D eigenvalue weighted by atomic mass is 35.5. The number of anilines is 1. The van der Waals surface area contributed by atoms with E-state index in [1.807, 2.05) is 32.0 Å². The Hall–Kier alpha value is -3.14. The monoisotopic (exact) mass is 514 g/mol. The maximum Gasteiger partial charge on any atom is 0.288 e. The average Bonchev–Trinajstić information content (AvgIpc) is 2.77. The molecule has 0 bridgehead atoms. The molecule has 1 N–H and O–H groups in total. The van der Waals surface area contributed by atoms with Crippen LogP contribution >= 0.6 is 23.4 Å². The number of nitro benzene ring substituents is 1. The van der Waals surface area contributed by atoms with Crippen molar-refractivity contribution in [2.45, 2.75) is 29.4 Å². The van der Waals surface area contributed by atoms with Gasteiger partial charge in [0.1, 0.15) is 5.02 Å². The van der Waals surface area contributed by atoms with Crippen LogP contribution in [0.3, 0.4) is 0 Å². The largest absolute Gasteiger partial charge is 0.320 e. The molecular weight excluding hydrogens is 496 g/mol. The van der Waals surface area contributed by atoms with Crippen molar-refractivity contribution >= 4 is 56.6 Å². The number of benzene rings is 3. The molecule has 3 aromatic carbocycles. The summed E-state index contributed by atoms with van der Waals surface area (Å²) in [5, 5.41) is 13.9. The number of nitro groups is 1. The normalized spacial score (nSPS) is 14.6. The third-order valence-corrected chi connectivity index (χ3v) is 8.49. The van der Waals surface area contributed by atoms with Gasteiger partial charge in [0.15, 0.2) is 9.84 Å². The summed E-state index contributed by atoms with van der Waals surface area (Å²) in [4.78, 5) is 24.1. The van der Waals surface area contributed by atoms with Gasteiger partial charge in [-0.05, 0) is 66.4 Å². The molecule has 3 aromatic rings. The van der Waals surface area contributed by atoms with E-state index >= 15 is 0 Å². The van der Waals surface area contributed by atoms with Gasteiger partial charge in [-0.3, -0.25) is 14.9 Å². The minimum atomic E-state index is -3.64. The summed E-state index contributed by atoms with van der Waals surface area (Å²) in [6.45, 7) is 3.77. The number of thioether (sulfide) groups is 1. The molecule has 0 radical (unpaired) electrons. The summed E-state index contributed by atoms with van der Waals surface area (Å²) >= 11 is 6.97. The Morgan fingerprint density at radius 2 is 1.79 bits per heavy atom. The van der Waals surface area contributed by atoms with Gasteiger partial charge in [0.05, 0.1) is 26.2 Å². The zero-order valence-corrected chi connectivity index (χ0v) is 20.6. The molecule has 0 atom stereocenters. The van der Waals surface area contributed by atoms with E-state index in [0.29, 0.717) is 16.1 Å². The number of hydrogen-bond donors (Lipinski definition) is 1. The molecular formula is C24H19ClN2O5S2. The number of amides is 1. The highest BCUT2D eigenvalue weighted by molar-refractivity contribution is 8.04. The van der Waals surface area contributed by atoms with E-state index in [2.05, 4.69) is 5.32 Å². The number of sulfone groups is 1. The molecule has 0 aromatic heterocycles. The fourth-order valence-electron chi connectivity index (χ4n) is 3.59. The first-order chi connectivity index (χ1) is 16.0. The van der Waals surface area contributed by atoms with Gasteiger partial charge in [-0.15, -0.1) is 0 Å². The molecule has 0 unspecified atom stereocenters. The van der Waals surface area contributed by atoms with Crippen molar-refractivity contribution in [2.24, 2.45) is 0 Å². The second kappa shape index (κ2) is 9.25. The van der Waals surface area contributed by atoms with Gasteiger partial charge in [-0.1, -0.05) is 47.6 Å². The van der Waals surface area contributed by atoms with Gasteiger partial charge < -0.3 is 5.32 Å². The molecule has 0 saturated carbocycles. The van der Waals surface area contributed by atoms with Crippen LogP contribution in [-0.4, -0.2) is 19.2 Å². The first kappa shape index (κ1) is 24.0. The van der Waals surface area contributed by atoms with Crippen molar-refractivity contribution in [1.29, 1.82) is 0 Å². The third-order valence-electron chi connectivity index (χ3n) is 5.45. The predicted molar refractivity (Wildman–Crippen MR) is 134 cm³/mol. The molecule has 174 valence electrons. The highest BCUT2D eigenvalue weighted by Crippen LogP contribution is 2.41. The number of hydrogen-bond acceptors (Lipinski definition) is 6. The van der Waals surface area contributed by atoms with Crippen molar-refractivity contribution in [3.8, 4) is 0 Å². The van der Waals surface area contributed by atoms with Crippen LogP contribution in [0.15, 0.2) is 69.3 Å². The number of carbonyl (C=O) groups is 1. The van der Waals surface area contributed by atoms with Crippen LogP contribution in [0.4, 0.5) is 11.4 Å². The van der Waals surface area contributed by atoms with E-state index in [-0.39, 0.29) is 32.2 Å². The lowest BCUT2D eigenvalue weighted by atomic mass is 10.1. The zero-order chi connectivity index (χ0) is 24.6. The SMILES string of the molecule is Cc1cccc(C)c1CS(=O)(=O)c1ccc2c(c1)S/C(=C\c1ccc(Cl)c([N+](=O)[O-])c1)C(=O)N2. The summed E-state index contributed by atoms with van der Waals surface area (Å²) in [7, 11) is -3.64. The van der Waals surface area contributed by atoms with E-state index < -0.39 is 14.8 Å². The van der Waals surface area contributed by atoms with Crippen molar-refractivity contribution in [2.75, 3.05) is 5.32 Å². The molecule has 0 aliphatic carbocycles. The van der Waals surface area contributed by atoms with Crippen molar-refractivity contribution in [3.63, 3.8) is 0 Å². The second-order valence-electron chi connectivity index (χ2n) is 7.82. The Bertz CT molecular complexity index is 1460. The van der Waals surface area contributed by atoms with Crippen LogP contribution < -0.4 is 5.32 Å². The molecule has 7 nitrogen and oxygen atoms in total. The summed E-state index contributed by atoms with van der Waals surface area (Å²) < 4.78 is 26.3. The summed E-state index contributed by atoms with van der Waals surface area (Å²) in [5.41, 5.74) is 3.25. The smallest absolute Gasteiger partial charge is 0.288 e. The number of nitrogens with one attached hydrogen (secondary N) is 1. The standard InChI is InChI=1S/C24H19ClN2O5S2/c1-14-4-3-5-15(2)18(14)13-34(31,32)17-7-9-20-22(12-17)33-23(24(28)26-20)11-16-6-8-19(25)21(10-16)27(29)30/h3-12H,13H2,1-2H3,(H,26,28)/b23-11-. The summed E-state index contributed by atoms with van der Waals surface area (Å²) in [6, 6.07) is 14.5. The van der Waals surface area contributed by atoms with Crippen LogP contribution in [0.1, 0.15) is 22.3 Å². The lowest BCUT2D eigenvalue weighted by molar-refractivity contribution is -0.384. The number of fused-ring (bicyclic) bond motifs is 1. The van der Waals surface area contributed by atoms with Crippen LogP contribution in [0.2, 0.25) is 5.02 Å². The van der Waals surface area contributed by atoms with Crippen LogP contribution in [0.25, 0.3) is 6.08 Å². The molecule has 34 heavy (non-hydrogen) atoms. The molecule has 0 fully saturated rings. The number of carbonyl (C=O) groups excluding carboxylic acids is 1. The number of aryl methyl sites for hydroxylation is 2. The van der Waals surface area contributed by atoms with Crippen LogP contribution in [0.5, 0.6) is 0 Å². The van der Waals surface area contributed by atoms with E-state index in [0.717, 1.165) is 28.5 Å². The Labute approximate surface area is 205 Å². The van der Waals surface area contributed by atoms with Gasteiger partial charge in [0, 0.05) is 11.0 Å². The van der Waals surface area contributed by atoms with Gasteiger partial charge >= 0.3 is 0 Å². The first-order valence-electron chi connectivity index (χ1n) is 10.1. The molecule has 4 rings (SSSR count). The lowest BCUT2D eigenvalue weighted by Crippen LogP contribution is -2.18. The molecule has 1 amide bonds. The lowest BCUT2D eigenvalue weighted by Gasteiger charge is -2.20. The predicted octanol–water partition coefficient (Wildman–Crippen LogP) is 5.92. The van der Waals surface area contributed by atoms with Gasteiger partial charge in [-0.25, -0.2) is 8.42 Å². The number of rotatable bonds is 5. The topological polar surface area (TPSA) is 106 Å². The molecule has 10 heteroatoms. The second-order valence-corrected chi connectivity index (χ2v) is 11.3. The molecule has 0 spiro atoms. The van der Waals surface area contributed by atoms with E-state index in [9.17, 15) is 23.3 Å². The molecule has 1 aliphatic rings. The van der Waals surface area contributed by atoms with Gasteiger partial charge in [0.25, 0.3) is 11.6 Å². The molecule has 0 saturated heterocycles. The van der Waals surface area contributed by atoms with E-state index in [1.165, 1.54) is 24.3 Å². The van der Waals surface area contributed by atoms with Gasteiger partial charge in [0.2, 0.25) is 0 Å². The number of halogens is 1. The average molecular weight is 515 g/mol. The van der Waals surface area contributed by atoms with Crippen LogP contribution in [0, 0.1) is 24.0 Å². The Morgan fingerprint density at radius 1 is 1.09 bits per heavy atom. The van der Waals surface area contributed by atoms with Crippen LogP contribution in [-0.2, 0) is 20.4 Å². The van der Waals surface area contributed by atoms with E-state index in [4.69, 9.17) is 11.6 Å². The van der Waals surface area contributed by atoms with Crippen molar-refractivity contribution < 1.29 is 18.1 Å². The molecule has 1 heterocycles. The van der Waals surface area contributed by atoms with Crippen molar-refractivity contribution in [3.05, 3.63) is 96.9 Å². The first-order valence-corrected chi connectivity index (χ1v) is 13.0. The summed E-state index contributed by atoms with van der Waals surface area (Å²) in [6.07, 6.45) is 1.50. The number of nitrogens with zero attached hydrogens (tertiary/aromatic N) is 1.